The largest absolute Gasteiger partial charge is 0.329 e. The maximum absolute atomic E-state index is 12.5. The predicted octanol–water partition coefficient (Wildman–Crippen LogP) is 3.37. The van der Waals surface area contributed by atoms with Gasteiger partial charge in [-0.2, -0.15) is 0 Å². The summed E-state index contributed by atoms with van der Waals surface area (Å²) < 4.78 is 0. The van der Waals surface area contributed by atoms with Crippen LogP contribution in [-0.2, 0) is 9.59 Å². The van der Waals surface area contributed by atoms with Crippen molar-refractivity contribution in [3.05, 3.63) is 78.5 Å². The number of urea groups is 1. The Labute approximate surface area is 199 Å². The Kier molecular flexibility index (Phi) is 7.19. The molecule has 0 unspecified atom stereocenters. The van der Waals surface area contributed by atoms with Gasteiger partial charge in [0.1, 0.15) is 5.03 Å². The van der Waals surface area contributed by atoms with Crippen LogP contribution in [-0.4, -0.2) is 46.7 Å². The first-order valence-electron chi connectivity index (χ1n) is 10.5. The Morgan fingerprint density at radius 2 is 1.65 bits per heavy atom. The summed E-state index contributed by atoms with van der Waals surface area (Å²) in [4.78, 5) is 54.0. The normalized spacial score (nSPS) is 12.9. The summed E-state index contributed by atoms with van der Waals surface area (Å²) in [5.74, 6) is -0.924. The van der Waals surface area contributed by atoms with E-state index < -0.39 is 6.03 Å². The minimum absolute atomic E-state index is 0.00768. The van der Waals surface area contributed by atoms with Crippen molar-refractivity contribution in [3.8, 4) is 0 Å². The molecule has 0 aliphatic carbocycles. The number of pyridine rings is 1. The first-order valence-corrected chi connectivity index (χ1v) is 11.3. The lowest BCUT2D eigenvalue weighted by molar-refractivity contribution is -0.125. The molecule has 3 N–H and O–H groups in total. The summed E-state index contributed by atoms with van der Waals surface area (Å²) >= 11 is 1.51. The average Bonchev–Trinajstić information content (AvgIpc) is 3.17. The zero-order valence-electron chi connectivity index (χ0n) is 18.0. The zero-order valence-corrected chi connectivity index (χ0v) is 18.8. The number of benzene rings is 2. The van der Waals surface area contributed by atoms with Gasteiger partial charge in [-0.15, -0.1) is 0 Å². The Morgan fingerprint density at radius 3 is 2.26 bits per heavy atom. The van der Waals surface area contributed by atoms with E-state index in [1.165, 1.54) is 11.8 Å². The molecule has 3 aromatic rings. The molecule has 1 aromatic heterocycles. The van der Waals surface area contributed by atoms with Crippen LogP contribution in [0.15, 0.2) is 82.8 Å². The number of anilines is 2. The van der Waals surface area contributed by atoms with E-state index >= 15 is 0 Å². The smallest absolute Gasteiger partial charge is 0.324 e. The Balaban J connectivity index is 1.26. The highest BCUT2D eigenvalue weighted by atomic mass is 32.2. The second kappa shape index (κ2) is 10.6. The summed E-state index contributed by atoms with van der Waals surface area (Å²) in [5.41, 5.74) is 1.63. The lowest BCUT2D eigenvalue weighted by Gasteiger charge is -2.12. The molecule has 172 valence electrons. The Hall–Kier alpha value is -4.18. The lowest BCUT2D eigenvalue weighted by atomic mass is 10.2. The summed E-state index contributed by atoms with van der Waals surface area (Å²) in [6.07, 6.45) is 1.73. The van der Waals surface area contributed by atoms with Crippen LogP contribution < -0.4 is 16.0 Å². The van der Waals surface area contributed by atoms with Crippen molar-refractivity contribution in [2.45, 2.75) is 16.3 Å². The van der Waals surface area contributed by atoms with E-state index in [-0.39, 0.29) is 37.2 Å². The van der Waals surface area contributed by atoms with Crippen LogP contribution in [0.3, 0.4) is 0 Å². The van der Waals surface area contributed by atoms with Crippen molar-refractivity contribution in [1.82, 2.24) is 15.2 Å². The third-order valence-electron chi connectivity index (χ3n) is 4.90. The summed E-state index contributed by atoms with van der Waals surface area (Å²) in [6, 6.07) is 19.1. The van der Waals surface area contributed by atoms with Crippen LogP contribution in [0.5, 0.6) is 0 Å². The third kappa shape index (κ3) is 5.99. The minimum atomic E-state index is -0.487. The van der Waals surface area contributed by atoms with Crippen molar-refractivity contribution < 1.29 is 19.2 Å². The van der Waals surface area contributed by atoms with E-state index in [1.807, 2.05) is 30.3 Å². The summed E-state index contributed by atoms with van der Waals surface area (Å²) in [6.45, 7) is -0.0221. The van der Waals surface area contributed by atoms with E-state index in [2.05, 4.69) is 20.9 Å². The highest BCUT2D eigenvalue weighted by Gasteiger charge is 2.28. The zero-order chi connectivity index (χ0) is 23.9. The van der Waals surface area contributed by atoms with Gasteiger partial charge in [-0.25, -0.2) is 9.78 Å². The monoisotopic (exact) mass is 475 g/mol. The molecule has 0 atom stereocenters. The van der Waals surface area contributed by atoms with Gasteiger partial charge in [0.05, 0.1) is 6.54 Å². The fourth-order valence-electron chi connectivity index (χ4n) is 3.16. The third-order valence-corrected chi connectivity index (χ3v) is 5.86. The van der Waals surface area contributed by atoms with Crippen LogP contribution in [0.2, 0.25) is 0 Å². The first kappa shape index (κ1) is 23.0. The molecule has 1 saturated heterocycles. The maximum Gasteiger partial charge on any atom is 0.324 e. The molecule has 5 amide bonds. The van der Waals surface area contributed by atoms with E-state index in [1.54, 1.807) is 42.6 Å². The molecule has 9 nitrogen and oxygen atoms in total. The number of nitrogens with one attached hydrogen (secondary N) is 3. The van der Waals surface area contributed by atoms with Gasteiger partial charge in [0.25, 0.3) is 5.91 Å². The maximum atomic E-state index is 12.5. The quantitative estimate of drug-likeness (QED) is 0.430. The number of carbonyl (C=O) groups is 4. The van der Waals surface area contributed by atoms with Gasteiger partial charge in [0, 0.05) is 41.0 Å². The second-order valence-corrected chi connectivity index (χ2v) is 8.42. The van der Waals surface area contributed by atoms with Gasteiger partial charge in [0.2, 0.25) is 11.8 Å². The molecule has 1 aliphatic rings. The Bertz CT molecular complexity index is 1180. The molecular weight excluding hydrogens is 454 g/mol. The van der Waals surface area contributed by atoms with Gasteiger partial charge in [0.15, 0.2) is 0 Å². The van der Waals surface area contributed by atoms with E-state index in [0.29, 0.717) is 16.9 Å². The predicted molar refractivity (Wildman–Crippen MR) is 128 cm³/mol. The number of hydrogen-bond donors (Lipinski definition) is 3. The second-order valence-electron chi connectivity index (χ2n) is 7.33. The van der Waals surface area contributed by atoms with Crippen LogP contribution >= 0.6 is 11.8 Å². The topological polar surface area (TPSA) is 121 Å². The van der Waals surface area contributed by atoms with E-state index in [0.717, 1.165) is 14.8 Å². The standard InChI is InChI=1S/C24H21N5O4S/c30-20(12-14-29-22(31)15-26-24(29)33)27-17-6-8-18(9-7-17)28-23(32)16-4-10-19(11-5-16)34-21-3-1-2-13-25-21/h1-11,13H,12,14-15H2,(H,26,33)(H,27,30)(H,28,32). The summed E-state index contributed by atoms with van der Waals surface area (Å²) in [7, 11) is 0. The molecule has 2 aromatic carbocycles. The fraction of sp³-hybridized carbons (Fsp3) is 0.125. The molecule has 10 heteroatoms. The molecule has 1 aliphatic heterocycles. The molecule has 0 saturated carbocycles. The Morgan fingerprint density at radius 1 is 0.941 bits per heavy atom. The number of aromatic nitrogens is 1. The van der Waals surface area contributed by atoms with Crippen molar-refractivity contribution in [1.29, 1.82) is 0 Å². The van der Waals surface area contributed by atoms with Crippen LogP contribution in [0.25, 0.3) is 0 Å². The van der Waals surface area contributed by atoms with Crippen molar-refractivity contribution in [2.24, 2.45) is 0 Å². The summed E-state index contributed by atoms with van der Waals surface area (Å²) in [5, 5.41) is 8.81. The highest BCUT2D eigenvalue weighted by molar-refractivity contribution is 7.99. The lowest BCUT2D eigenvalue weighted by Crippen LogP contribution is -2.33. The number of carbonyl (C=O) groups excluding carboxylic acids is 4. The van der Waals surface area contributed by atoms with Crippen molar-refractivity contribution >= 4 is 46.9 Å². The number of amides is 5. The van der Waals surface area contributed by atoms with Gasteiger partial charge in [-0.3, -0.25) is 19.3 Å². The molecule has 0 radical (unpaired) electrons. The molecule has 0 bridgehead atoms. The molecule has 34 heavy (non-hydrogen) atoms. The first-order chi connectivity index (χ1) is 16.5. The average molecular weight is 476 g/mol. The molecule has 2 heterocycles. The van der Waals surface area contributed by atoms with Crippen LogP contribution in [0.4, 0.5) is 16.2 Å². The van der Waals surface area contributed by atoms with Crippen LogP contribution in [0, 0.1) is 0 Å². The van der Waals surface area contributed by atoms with Gasteiger partial charge in [-0.1, -0.05) is 17.8 Å². The van der Waals surface area contributed by atoms with Crippen LogP contribution in [0.1, 0.15) is 16.8 Å². The minimum Gasteiger partial charge on any atom is -0.329 e. The molecular formula is C24H21N5O4S. The number of imide groups is 1. The number of rotatable bonds is 8. The number of hydrogen-bond acceptors (Lipinski definition) is 6. The van der Waals surface area contributed by atoms with Gasteiger partial charge < -0.3 is 16.0 Å². The fourth-order valence-corrected chi connectivity index (χ4v) is 3.93. The number of nitrogens with zero attached hydrogens (tertiary/aromatic N) is 2. The highest BCUT2D eigenvalue weighted by Crippen LogP contribution is 2.26. The van der Waals surface area contributed by atoms with Crippen molar-refractivity contribution in [2.75, 3.05) is 23.7 Å². The molecule has 0 spiro atoms. The van der Waals surface area contributed by atoms with Gasteiger partial charge >= 0.3 is 6.03 Å². The molecule has 4 rings (SSSR count). The molecule has 1 fully saturated rings. The SMILES string of the molecule is O=C(CCN1C(=O)CNC1=O)Nc1ccc(NC(=O)c2ccc(Sc3ccccn3)cc2)cc1. The van der Waals surface area contributed by atoms with Crippen molar-refractivity contribution in [3.63, 3.8) is 0 Å². The van der Waals surface area contributed by atoms with E-state index in [9.17, 15) is 19.2 Å². The van der Waals surface area contributed by atoms with E-state index in [4.69, 9.17) is 0 Å². The van der Waals surface area contributed by atoms with Gasteiger partial charge in [-0.05, 0) is 60.7 Å².